The SMILES string of the molecule is OC(Cc1c(Cl)cccc1Cl)c1ccccc1C(F)(F)F. The Hall–Kier alpha value is -1.23. The largest absolute Gasteiger partial charge is 0.416 e. The lowest BCUT2D eigenvalue weighted by molar-refractivity contribution is -0.139. The summed E-state index contributed by atoms with van der Waals surface area (Å²) in [4.78, 5) is 0. The molecule has 0 fully saturated rings. The lowest BCUT2D eigenvalue weighted by Crippen LogP contribution is -2.13. The molecule has 112 valence electrons. The van der Waals surface area contributed by atoms with Gasteiger partial charge in [0.25, 0.3) is 0 Å². The standard InChI is InChI=1S/C15H11Cl2F3O/c16-12-6-3-7-13(17)10(12)8-14(21)9-4-1-2-5-11(9)15(18,19)20/h1-7,14,21H,8H2. The van der Waals surface area contributed by atoms with Gasteiger partial charge in [-0.25, -0.2) is 0 Å². The highest BCUT2D eigenvalue weighted by atomic mass is 35.5. The van der Waals surface area contributed by atoms with E-state index in [1.807, 2.05) is 0 Å². The first-order chi connectivity index (χ1) is 9.80. The molecule has 0 radical (unpaired) electrons. The maximum Gasteiger partial charge on any atom is 0.416 e. The highest BCUT2D eigenvalue weighted by molar-refractivity contribution is 6.36. The highest BCUT2D eigenvalue weighted by Gasteiger charge is 2.34. The molecule has 0 aliphatic rings. The summed E-state index contributed by atoms with van der Waals surface area (Å²) in [6, 6.07) is 9.69. The first kappa shape index (κ1) is 16.1. The molecule has 0 spiro atoms. The number of aliphatic hydroxyl groups excluding tert-OH is 1. The summed E-state index contributed by atoms with van der Waals surface area (Å²) in [5.41, 5.74) is -0.632. The molecule has 1 nitrogen and oxygen atoms in total. The molecule has 1 atom stereocenters. The van der Waals surface area contributed by atoms with Gasteiger partial charge in [0.15, 0.2) is 0 Å². The molecule has 6 heteroatoms. The monoisotopic (exact) mass is 334 g/mol. The number of hydrogen-bond donors (Lipinski definition) is 1. The van der Waals surface area contributed by atoms with E-state index >= 15 is 0 Å². The number of halogens is 5. The third-order valence-electron chi connectivity index (χ3n) is 3.08. The summed E-state index contributed by atoms with van der Waals surface area (Å²) < 4.78 is 38.8. The Morgan fingerprint density at radius 2 is 1.52 bits per heavy atom. The average molecular weight is 335 g/mol. The zero-order valence-electron chi connectivity index (χ0n) is 10.7. The van der Waals surface area contributed by atoms with Crippen molar-refractivity contribution in [3.8, 4) is 0 Å². The van der Waals surface area contributed by atoms with Crippen LogP contribution in [-0.4, -0.2) is 5.11 Å². The zero-order chi connectivity index (χ0) is 15.6. The van der Waals surface area contributed by atoms with Gasteiger partial charge in [-0.2, -0.15) is 13.2 Å². The number of rotatable bonds is 3. The van der Waals surface area contributed by atoms with Crippen molar-refractivity contribution in [2.24, 2.45) is 0 Å². The van der Waals surface area contributed by atoms with Crippen LogP contribution < -0.4 is 0 Å². The Balaban J connectivity index is 2.36. The fourth-order valence-corrected chi connectivity index (χ4v) is 2.63. The van der Waals surface area contributed by atoms with Crippen molar-refractivity contribution in [3.63, 3.8) is 0 Å². The van der Waals surface area contributed by atoms with E-state index in [1.54, 1.807) is 18.2 Å². The van der Waals surface area contributed by atoms with Gasteiger partial charge in [-0.1, -0.05) is 47.5 Å². The fourth-order valence-electron chi connectivity index (χ4n) is 2.08. The third kappa shape index (κ3) is 3.70. The topological polar surface area (TPSA) is 20.2 Å². The van der Waals surface area contributed by atoms with Crippen molar-refractivity contribution in [2.45, 2.75) is 18.7 Å². The maximum atomic E-state index is 12.9. The number of benzene rings is 2. The van der Waals surface area contributed by atoms with E-state index in [0.717, 1.165) is 6.07 Å². The van der Waals surface area contributed by atoms with Crippen LogP contribution in [0.5, 0.6) is 0 Å². The summed E-state index contributed by atoms with van der Waals surface area (Å²) in [7, 11) is 0. The summed E-state index contributed by atoms with van der Waals surface area (Å²) in [5, 5.41) is 10.8. The molecule has 1 N–H and O–H groups in total. The molecule has 2 aromatic rings. The molecule has 2 aromatic carbocycles. The summed E-state index contributed by atoms with van der Waals surface area (Å²) in [6.07, 6.45) is -5.96. The molecule has 21 heavy (non-hydrogen) atoms. The van der Waals surface area contributed by atoms with Gasteiger partial charge in [0.2, 0.25) is 0 Å². The lowest BCUT2D eigenvalue weighted by atomic mass is 9.96. The Morgan fingerprint density at radius 3 is 2.10 bits per heavy atom. The predicted octanol–water partition coefficient (Wildman–Crippen LogP) is 5.29. The summed E-state index contributed by atoms with van der Waals surface area (Å²) >= 11 is 11.9. The molecule has 0 aromatic heterocycles. The molecule has 2 rings (SSSR count). The minimum Gasteiger partial charge on any atom is -0.388 e. The molecule has 0 bridgehead atoms. The van der Waals surface area contributed by atoms with Crippen LogP contribution in [0.1, 0.15) is 22.8 Å². The van der Waals surface area contributed by atoms with Crippen molar-refractivity contribution in [2.75, 3.05) is 0 Å². The van der Waals surface area contributed by atoms with Crippen LogP contribution in [0.3, 0.4) is 0 Å². The molecule has 0 saturated heterocycles. The van der Waals surface area contributed by atoms with Crippen LogP contribution >= 0.6 is 23.2 Å². The zero-order valence-corrected chi connectivity index (χ0v) is 12.2. The van der Waals surface area contributed by atoms with Crippen LogP contribution in [0.2, 0.25) is 10.0 Å². The van der Waals surface area contributed by atoms with Crippen LogP contribution in [0.25, 0.3) is 0 Å². The molecule has 0 aliphatic carbocycles. The van der Waals surface area contributed by atoms with E-state index in [1.165, 1.54) is 18.2 Å². The van der Waals surface area contributed by atoms with Gasteiger partial charge < -0.3 is 5.11 Å². The fraction of sp³-hybridized carbons (Fsp3) is 0.200. The molecule has 1 unspecified atom stereocenters. The Morgan fingerprint density at radius 1 is 0.952 bits per heavy atom. The van der Waals surface area contributed by atoms with Crippen molar-refractivity contribution in [1.82, 2.24) is 0 Å². The number of aliphatic hydroxyl groups is 1. The van der Waals surface area contributed by atoms with Crippen molar-refractivity contribution >= 4 is 23.2 Å². The van der Waals surface area contributed by atoms with E-state index in [9.17, 15) is 18.3 Å². The second kappa shape index (κ2) is 6.26. The Kier molecular flexibility index (Phi) is 4.81. The Bertz CT molecular complexity index is 621. The van der Waals surface area contributed by atoms with Crippen LogP contribution in [-0.2, 0) is 12.6 Å². The van der Waals surface area contributed by atoms with E-state index in [2.05, 4.69) is 0 Å². The Labute approximate surface area is 129 Å². The summed E-state index contributed by atoms with van der Waals surface area (Å²) in [5.74, 6) is 0. The van der Waals surface area contributed by atoms with Gasteiger partial charge in [0.05, 0.1) is 11.7 Å². The second-order valence-electron chi connectivity index (χ2n) is 4.51. The molecule has 0 amide bonds. The van der Waals surface area contributed by atoms with E-state index in [-0.39, 0.29) is 12.0 Å². The van der Waals surface area contributed by atoms with Gasteiger partial charge in [-0.15, -0.1) is 0 Å². The molecular weight excluding hydrogens is 324 g/mol. The number of alkyl halides is 3. The summed E-state index contributed by atoms with van der Waals surface area (Å²) in [6.45, 7) is 0. The van der Waals surface area contributed by atoms with Gasteiger partial charge >= 0.3 is 6.18 Å². The van der Waals surface area contributed by atoms with Crippen molar-refractivity contribution < 1.29 is 18.3 Å². The number of hydrogen-bond acceptors (Lipinski definition) is 1. The van der Waals surface area contributed by atoms with E-state index < -0.39 is 17.8 Å². The molecule has 0 aliphatic heterocycles. The van der Waals surface area contributed by atoms with Crippen LogP contribution in [0.4, 0.5) is 13.2 Å². The quantitative estimate of drug-likeness (QED) is 0.808. The second-order valence-corrected chi connectivity index (χ2v) is 5.32. The highest BCUT2D eigenvalue weighted by Crippen LogP contribution is 2.36. The van der Waals surface area contributed by atoms with Crippen LogP contribution in [0, 0.1) is 0 Å². The predicted molar refractivity (Wildman–Crippen MR) is 76.6 cm³/mol. The molecule has 0 saturated carbocycles. The average Bonchev–Trinajstić information content (AvgIpc) is 2.42. The maximum absolute atomic E-state index is 12.9. The van der Waals surface area contributed by atoms with E-state index in [4.69, 9.17) is 23.2 Å². The van der Waals surface area contributed by atoms with Gasteiger partial charge in [-0.05, 0) is 29.3 Å². The van der Waals surface area contributed by atoms with Gasteiger partial charge in [-0.3, -0.25) is 0 Å². The minimum absolute atomic E-state index is 0.0917. The van der Waals surface area contributed by atoms with Crippen molar-refractivity contribution in [3.05, 3.63) is 69.2 Å². The van der Waals surface area contributed by atoms with Gasteiger partial charge in [0, 0.05) is 16.5 Å². The minimum atomic E-state index is -4.53. The smallest absolute Gasteiger partial charge is 0.388 e. The molecular formula is C15H11Cl2F3O. The van der Waals surface area contributed by atoms with Crippen molar-refractivity contribution in [1.29, 1.82) is 0 Å². The first-order valence-corrected chi connectivity index (χ1v) is 6.83. The lowest BCUT2D eigenvalue weighted by Gasteiger charge is -2.18. The first-order valence-electron chi connectivity index (χ1n) is 6.07. The normalized spacial score (nSPS) is 13.2. The van der Waals surface area contributed by atoms with Crippen LogP contribution in [0.15, 0.2) is 42.5 Å². The van der Waals surface area contributed by atoms with E-state index in [0.29, 0.717) is 15.6 Å². The third-order valence-corrected chi connectivity index (χ3v) is 3.79. The van der Waals surface area contributed by atoms with Gasteiger partial charge in [0.1, 0.15) is 0 Å². The molecule has 0 heterocycles.